The predicted octanol–water partition coefficient (Wildman–Crippen LogP) is 3.60. The molecule has 3 rings (SSSR count). The van der Waals surface area contributed by atoms with Crippen molar-refractivity contribution >= 4 is 23.2 Å². The summed E-state index contributed by atoms with van der Waals surface area (Å²) >= 11 is 6.22. The Morgan fingerprint density at radius 1 is 1.38 bits per heavy atom. The lowest BCUT2D eigenvalue weighted by molar-refractivity contribution is -0.119. The third kappa shape index (κ3) is 2.97. The lowest BCUT2D eigenvalue weighted by atomic mass is 10.1. The Bertz CT molecular complexity index is 701. The monoisotopic (exact) mass is 303 g/mol. The quantitative estimate of drug-likeness (QED) is 0.880. The van der Waals surface area contributed by atoms with E-state index < -0.39 is 0 Å². The summed E-state index contributed by atoms with van der Waals surface area (Å²) in [5, 5.41) is 7.05. The molecule has 2 aromatic rings. The third-order valence-electron chi connectivity index (χ3n) is 3.38. The standard InChI is InChI=1S/C15H14ClN3O2/c1-9-17-15(21-19-9)11-6-7-13(12(16)8-11)18-14(20)10-4-2-3-5-10/h2-3,6-8,10H,4-5H2,1H3,(H,18,20). The molecule has 6 heteroatoms. The molecule has 0 fully saturated rings. The van der Waals surface area contributed by atoms with Crippen molar-refractivity contribution in [2.45, 2.75) is 19.8 Å². The molecule has 1 heterocycles. The van der Waals surface area contributed by atoms with E-state index in [9.17, 15) is 4.79 Å². The van der Waals surface area contributed by atoms with Gasteiger partial charge in [-0.15, -0.1) is 0 Å². The predicted molar refractivity (Wildman–Crippen MR) is 80.0 cm³/mol. The lowest BCUT2D eigenvalue weighted by Gasteiger charge is -2.12. The molecule has 5 nitrogen and oxygen atoms in total. The molecule has 0 saturated carbocycles. The SMILES string of the molecule is Cc1noc(-c2ccc(NC(=O)C3CC=CC3)c(Cl)c2)n1. The maximum atomic E-state index is 12.1. The van der Waals surface area contributed by atoms with Crippen molar-refractivity contribution in [1.29, 1.82) is 0 Å². The van der Waals surface area contributed by atoms with Gasteiger partial charge in [-0.3, -0.25) is 4.79 Å². The second kappa shape index (κ2) is 5.69. The Kier molecular flexibility index (Phi) is 3.75. The molecular weight excluding hydrogens is 290 g/mol. The second-order valence-corrected chi connectivity index (χ2v) is 5.38. The van der Waals surface area contributed by atoms with Crippen molar-refractivity contribution in [3.63, 3.8) is 0 Å². The van der Waals surface area contributed by atoms with Gasteiger partial charge in [-0.1, -0.05) is 28.9 Å². The number of aryl methyl sites for hydroxylation is 1. The average molecular weight is 304 g/mol. The van der Waals surface area contributed by atoms with Crippen molar-refractivity contribution in [1.82, 2.24) is 10.1 Å². The number of nitrogens with one attached hydrogen (secondary N) is 1. The molecule has 1 aliphatic carbocycles. The van der Waals surface area contributed by atoms with E-state index >= 15 is 0 Å². The van der Waals surface area contributed by atoms with Crippen molar-refractivity contribution in [2.75, 3.05) is 5.32 Å². The number of aromatic nitrogens is 2. The Hall–Kier alpha value is -2.14. The number of halogens is 1. The van der Waals surface area contributed by atoms with E-state index in [0.29, 0.717) is 22.4 Å². The lowest BCUT2D eigenvalue weighted by Crippen LogP contribution is -2.20. The minimum atomic E-state index is -0.0108. The van der Waals surface area contributed by atoms with Crippen molar-refractivity contribution in [3.8, 4) is 11.5 Å². The van der Waals surface area contributed by atoms with E-state index in [-0.39, 0.29) is 11.8 Å². The summed E-state index contributed by atoms with van der Waals surface area (Å²) in [6.07, 6.45) is 5.60. The summed E-state index contributed by atoms with van der Waals surface area (Å²) in [7, 11) is 0. The number of allylic oxidation sites excluding steroid dienone is 2. The van der Waals surface area contributed by atoms with Gasteiger partial charge in [0.25, 0.3) is 5.89 Å². The number of hydrogen-bond donors (Lipinski definition) is 1. The van der Waals surface area contributed by atoms with Gasteiger partial charge in [0.2, 0.25) is 5.91 Å². The fourth-order valence-corrected chi connectivity index (χ4v) is 2.46. The van der Waals surface area contributed by atoms with Crippen LogP contribution in [0.15, 0.2) is 34.9 Å². The highest BCUT2D eigenvalue weighted by molar-refractivity contribution is 6.34. The van der Waals surface area contributed by atoms with E-state index in [1.165, 1.54) is 0 Å². The molecule has 0 radical (unpaired) electrons. The van der Waals surface area contributed by atoms with Crippen LogP contribution in [0.1, 0.15) is 18.7 Å². The van der Waals surface area contributed by atoms with Crippen LogP contribution in [0.2, 0.25) is 5.02 Å². The Labute approximate surface area is 127 Å². The van der Waals surface area contributed by atoms with E-state index in [2.05, 4.69) is 15.5 Å². The molecule has 1 N–H and O–H groups in total. The van der Waals surface area contributed by atoms with Crippen LogP contribution in [0.25, 0.3) is 11.5 Å². The van der Waals surface area contributed by atoms with Crippen LogP contribution < -0.4 is 5.32 Å². The molecule has 0 unspecified atom stereocenters. The molecule has 1 aromatic carbocycles. The number of carbonyl (C=O) groups excluding carboxylic acids is 1. The van der Waals surface area contributed by atoms with Gasteiger partial charge in [0.05, 0.1) is 10.7 Å². The van der Waals surface area contributed by atoms with Gasteiger partial charge in [-0.25, -0.2) is 0 Å². The first-order chi connectivity index (χ1) is 10.1. The molecule has 0 spiro atoms. The highest BCUT2D eigenvalue weighted by Crippen LogP contribution is 2.29. The summed E-state index contributed by atoms with van der Waals surface area (Å²) < 4.78 is 5.09. The number of rotatable bonds is 3. The average Bonchev–Trinajstić information content (AvgIpc) is 3.12. The van der Waals surface area contributed by atoms with Gasteiger partial charge in [0.1, 0.15) is 0 Å². The largest absolute Gasteiger partial charge is 0.334 e. The zero-order chi connectivity index (χ0) is 14.8. The summed E-state index contributed by atoms with van der Waals surface area (Å²) in [4.78, 5) is 16.2. The van der Waals surface area contributed by atoms with Crippen LogP contribution in [0.4, 0.5) is 5.69 Å². The summed E-state index contributed by atoms with van der Waals surface area (Å²) in [6, 6.07) is 5.25. The van der Waals surface area contributed by atoms with Gasteiger partial charge >= 0.3 is 0 Å². The van der Waals surface area contributed by atoms with Crippen molar-refractivity contribution in [2.24, 2.45) is 5.92 Å². The maximum absolute atomic E-state index is 12.1. The molecule has 1 amide bonds. The number of benzene rings is 1. The van der Waals surface area contributed by atoms with Gasteiger partial charge in [-0.05, 0) is 38.0 Å². The minimum absolute atomic E-state index is 0.000617. The van der Waals surface area contributed by atoms with Crippen LogP contribution in [0.5, 0.6) is 0 Å². The first kappa shape index (κ1) is 13.8. The fraction of sp³-hybridized carbons (Fsp3) is 0.267. The first-order valence-electron chi connectivity index (χ1n) is 6.69. The number of anilines is 1. The number of amides is 1. The molecule has 0 saturated heterocycles. The smallest absolute Gasteiger partial charge is 0.257 e. The van der Waals surface area contributed by atoms with Crippen LogP contribution in [-0.4, -0.2) is 16.0 Å². The molecule has 1 aliphatic rings. The second-order valence-electron chi connectivity index (χ2n) is 4.97. The van der Waals surface area contributed by atoms with Gasteiger partial charge in [0, 0.05) is 11.5 Å². The molecule has 108 valence electrons. The van der Waals surface area contributed by atoms with Gasteiger partial charge < -0.3 is 9.84 Å². The topological polar surface area (TPSA) is 68.0 Å². The zero-order valence-electron chi connectivity index (χ0n) is 11.5. The fourth-order valence-electron chi connectivity index (χ4n) is 2.23. The minimum Gasteiger partial charge on any atom is -0.334 e. The molecule has 0 aliphatic heterocycles. The summed E-state index contributed by atoms with van der Waals surface area (Å²) in [6.45, 7) is 1.75. The number of hydrogen-bond acceptors (Lipinski definition) is 4. The number of carbonyl (C=O) groups is 1. The molecular formula is C15H14ClN3O2. The molecule has 21 heavy (non-hydrogen) atoms. The van der Waals surface area contributed by atoms with Crippen LogP contribution in [0, 0.1) is 12.8 Å². The van der Waals surface area contributed by atoms with Crippen molar-refractivity contribution < 1.29 is 9.32 Å². The first-order valence-corrected chi connectivity index (χ1v) is 7.07. The molecule has 0 bridgehead atoms. The summed E-state index contributed by atoms with van der Waals surface area (Å²) in [5.41, 5.74) is 1.31. The highest BCUT2D eigenvalue weighted by atomic mass is 35.5. The summed E-state index contributed by atoms with van der Waals surface area (Å²) in [5.74, 6) is 0.960. The van der Waals surface area contributed by atoms with Crippen molar-refractivity contribution in [3.05, 3.63) is 41.2 Å². The number of nitrogens with zero attached hydrogens (tertiary/aromatic N) is 2. The normalized spacial score (nSPS) is 14.6. The Morgan fingerprint density at radius 2 is 2.14 bits per heavy atom. The van der Waals surface area contributed by atoms with Gasteiger partial charge in [-0.2, -0.15) is 4.98 Å². The van der Waals surface area contributed by atoms with E-state index in [0.717, 1.165) is 18.4 Å². The van der Waals surface area contributed by atoms with Gasteiger partial charge in [0.15, 0.2) is 5.82 Å². The van der Waals surface area contributed by atoms with E-state index in [4.69, 9.17) is 16.1 Å². The third-order valence-corrected chi connectivity index (χ3v) is 3.69. The van der Waals surface area contributed by atoms with E-state index in [1.807, 2.05) is 12.2 Å². The zero-order valence-corrected chi connectivity index (χ0v) is 12.2. The Morgan fingerprint density at radius 3 is 2.76 bits per heavy atom. The highest BCUT2D eigenvalue weighted by Gasteiger charge is 2.20. The van der Waals surface area contributed by atoms with Crippen LogP contribution in [0.3, 0.4) is 0 Å². The molecule has 1 aromatic heterocycles. The Balaban J connectivity index is 1.76. The molecule has 0 atom stereocenters. The maximum Gasteiger partial charge on any atom is 0.257 e. The van der Waals surface area contributed by atoms with Crippen LogP contribution >= 0.6 is 11.6 Å². The van der Waals surface area contributed by atoms with Crippen LogP contribution in [-0.2, 0) is 4.79 Å². The van der Waals surface area contributed by atoms with E-state index in [1.54, 1.807) is 25.1 Å².